The lowest BCUT2D eigenvalue weighted by molar-refractivity contribution is 0.406. The molecule has 1 unspecified atom stereocenters. The molecule has 0 amide bonds. The molecular weight excluding hydrogens is 250 g/mol. The van der Waals surface area contributed by atoms with Gasteiger partial charge < -0.3 is 15.2 Å². The molecule has 0 fully saturated rings. The molecule has 0 saturated carbocycles. The molecule has 1 atom stereocenters. The molecule has 0 aliphatic rings. The van der Waals surface area contributed by atoms with E-state index in [4.69, 9.17) is 11.2 Å². The van der Waals surface area contributed by atoms with Gasteiger partial charge in [-0.25, -0.2) is 0 Å². The standard InChI is InChI=1S/C17H17NO2/c1-4-13-6-5-7-14(10-13)18-12(2)16-9-8-15(20-3)11-17(16)19/h1,5-12,18-19H,2-3H3. The van der Waals surface area contributed by atoms with Gasteiger partial charge in [0.25, 0.3) is 0 Å². The van der Waals surface area contributed by atoms with Gasteiger partial charge in [-0.2, -0.15) is 0 Å². The maximum Gasteiger partial charge on any atom is 0.124 e. The first kappa shape index (κ1) is 13.8. The third kappa shape index (κ3) is 3.04. The predicted octanol–water partition coefficient (Wildman–Crippen LogP) is 3.56. The fourth-order valence-electron chi connectivity index (χ4n) is 2.04. The van der Waals surface area contributed by atoms with Gasteiger partial charge in [-0.1, -0.05) is 12.0 Å². The van der Waals surface area contributed by atoms with Gasteiger partial charge in [-0.3, -0.25) is 0 Å². The number of terminal acetylenes is 1. The van der Waals surface area contributed by atoms with Gasteiger partial charge in [0, 0.05) is 22.9 Å². The van der Waals surface area contributed by atoms with Gasteiger partial charge in [0.15, 0.2) is 0 Å². The van der Waals surface area contributed by atoms with Crippen molar-refractivity contribution in [1.82, 2.24) is 0 Å². The molecule has 0 radical (unpaired) electrons. The van der Waals surface area contributed by atoms with Crippen LogP contribution in [0.5, 0.6) is 11.5 Å². The molecule has 0 aromatic heterocycles. The van der Waals surface area contributed by atoms with E-state index in [1.807, 2.05) is 43.3 Å². The van der Waals surface area contributed by atoms with E-state index in [0.29, 0.717) is 5.75 Å². The van der Waals surface area contributed by atoms with Crippen molar-refractivity contribution >= 4 is 5.69 Å². The normalized spacial score (nSPS) is 11.4. The van der Waals surface area contributed by atoms with Gasteiger partial charge in [0.05, 0.1) is 13.2 Å². The molecule has 3 nitrogen and oxygen atoms in total. The minimum atomic E-state index is -0.0473. The average Bonchev–Trinajstić information content (AvgIpc) is 2.47. The fourth-order valence-corrected chi connectivity index (χ4v) is 2.04. The lowest BCUT2D eigenvalue weighted by atomic mass is 10.1. The highest BCUT2D eigenvalue weighted by atomic mass is 16.5. The number of aromatic hydroxyl groups is 1. The van der Waals surface area contributed by atoms with Crippen molar-refractivity contribution in [3.8, 4) is 23.8 Å². The summed E-state index contributed by atoms with van der Waals surface area (Å²) < 4.78 is 5.08. The molecule has 2 N–H and O–H groups in total. The maximum absolute atomic E-state index is 10.0. The van der Waals surface area contributed by atoms with Gasteiger partial charge in [0.1, 0.15) is 11.5 Å². The Bertz CT molecular complexity index is 644. The molecule has 0 spiro atoms. The summed E-state index contributed by atoms with van der Waals surface area (Å²) in [6, 6.07) is 12.8. The Morgan fingerprint density at radius 3 is 2.70 bits per heavy atom. The van der Waals surface area contributed by atoms with Crippen LogP contribution in [-0.4, -0.2) is 12.2 Å². The Kier molecular flexibility index (Phi) is 4.17. The number of hydrogen-bond donors (Lipinski definition) is 2. The van der Waals surface area contributed by atoms with Crippen molar-refractivity contribution in [2.45, 2.75) is 13.0 Å². The second-order valence-corrected chi connectivity index (χ2v) is 4.52. The smallest absolute Gasteiger partial charge is 0.124 e. The third-order valence-electron chi connectivity index (χ3n) is 3.12. The first-order valence-corrected chi connectivity index (χ1v) is 6.34. The highest BCUT2D eigenvalue weighted by Crippen LogP contribution is 2.30. The van der Waals surface area contributed by atoms with Gasteiger partial charge in [0.2, 0.25) is 0 Å². The number of methoxy groups -OCH3 is 1. The number of hydrogen-bond acceptors (Lipinski definition) is 3. The largest absolute Gasteiger partial charge is 0.507 e. The van der Waals surface area contributed by atoms with Crippen LogP contribution in [0.3, 0.4) is 0 Å². The van der Waals surface area contributed by atoms with Crippen LogP contribution in [-0.2, 0) is 0 Å². The van der Waals surface area contributed by atoms with E-state index in [0.717, 1.165) is 16.8 Å². The van der Waals surface area contributed by atoms with Crippen LogP contribution >= 0.6 is 0 Å². The van der Waals surface area contributed by atoms with E-state index in [9.17, 15) is 5.11 Å². The quantitative estimate of drug-likeness (QED) is 0.832. The number of ether oxygens (including phenoxy) is 1. The first-order chi connectivity index (χ1) is 9.63. The fraction of sp³-hybridized carbons (Fsp3) is 0.176. The summed E-state index contributed by atoms with van der Waals surface area (Å²) in [6.07, 6.45) is 5.39. The summed E-state index contributed by atoms with van der Waals surface area (Å²) in [7, 11) is 1.57. The minimum absolute atomic E-state index is 0.0473. The van der Waals surface area contributed by atoms with Crippen molar-refractivity contribution in [1.29, 1.82) is 0 Å². The summed E-state index contributed by atoms with van der Waals surface area (Å²) in [4.78, 5) is 0. The van der Waals surface area contributed by atoms with Crippen molar-refractivity contribution in [3.63, 3.8) is 0 Å². The summed E-state index contributed by atoms with van der Waals surface area (Å²) in [5.74, 6) is 3.44. The highest BCUT2D eigenvalue weighted by molar-refractivity contribution is 5.52. The Morgan fingerprint density at radius 1 is 1.25 bits per heavy atom. The molecule has 0 saturated heterocycles. The zero-order valence-corrected chi connectivity index (χ0v) is 11.6. The van der Waals surface area contributed by atoms with Crippen LogP contribution in [0.1, 0.15) is 24.1 Å². The number of phenolic OH excluding ortho intramolecular Hbond substituents is 1. The van der Waals surface area contributed by atoms with Crippen molar-refractivity contribution < 1.29 is 9.84 Å². The lowest BCUT2D eigenvalue weighted by Gasteiger charge is -2.17. The summed E-state index contributed by atoms with van der Waals surface area (Å²) >= 11 is 0. The van der Waals surface area contributed by atoms with Crippen LogP contribution in [0.4, 0.5) is 5.69 Å². The Morgan fingerprint density at radius 2 is 2.05 bits per heavy atom. The van der Waals surface area contributed by atoms with Crippen molar-refractivity contribution in [2.24, 2.45) is 0 Å². The monoisotopic (exact) mass is 267 g/mol. The Hall–Kier alpha value is -2.60. The molecule has 2 aromatic carbocycles. The van der Waals surface area contributed by atoms with Gasteiger partial charge >= 0.3 is 0 Å². The molecule has 102 valence electrons. The molecule has 3 heteroatoms. The SMILES string of the molecule is C#Cc1cccc(NC(C)c2ccc(OC)cc2O)c1. The summed E-state index contributed by atoms with van der Waals surface area (Å²) in [5.41, 5.74) is 2.54. The van der Waals surface area contributed by atoms with E-state index in [1.165, 1.54) is 0 Å². The van der Waals surface area contributed by atoms with Gasteiger partial charge in [-0.05, 0) is 37.3 Å². The molecule has 2 rings (SSSR count). The van der Waals surface area contributed by atoms with Gasteiger partial charge in [-0.15, -0.1) is 6.42 Å². The maximum atomic E-state index is 10.0. The molecule has 0 aliphatic carbocycles. The predicted molar refractivity (Wildman–Crippen MR) is 81.1 cm³/mol. The molecule has 0 heterocycles. The van der Waals surface area contributed by atoms with Crippen LogP contribution in [0.25, 0.3) is 0 Å². The Balaban J connectivity index is 2.19. The Labute approximate surface area is 119 Å². The summed E-state index contributed by atoms with van der Waals surface area (Å²) in [5, 5.41) is 13.3. The van der Waals surface area contributed by atoms with E-state index < -0.39 is 0 Å². The number of nitrogens with one attached hydrogen (secondary N) is 1. The van der Waals surface area contributed by atoms with Crippen LogP contribution in [0.15, 0.2) is 42.5 Å². The summed E-state index contributed by atoms with van der Waals surface area (Å²) in [6.45, 7) is 1.98. The minimum Gasteiger partial charge on any atom is -0.507 e. The number of anilines is 1. The van der Waals surface area contributed by atoms with E-state index in [-0.39, 0.29) is 11.8 Å². The number of rotatable bonds is 4. The second-order valence-electron chi connectivity index (χ2n) is 4.52. The zero-order chi connectivity index (χ0) is 14.5. The molecule has 0 bridgehead atoms. The molecule has 2 aromatic rings. The van der Waals surface area contributed by atoms with Crippen molar-refractivity contribution in [2.75, 3.05) is 12.4 Å². The number of phenols is 1. The third-order valence-corrected chi connectivity index (χ3v) is 3.12. The topological polar surface area (TPSA) is 41.5 Å². The second kappa shape index (κ2) is 6.03. The number of benzene rings is 2. The van der Waals surface area contributed by atoms with Crippen molar-refractivity contribution in [3.05, 3.63) is 53.6 Å². The average molecular weight is 267 g/mol. The van der Waals surface area contributed by atoms with E-state index in [2.05, 4.69) is 11.2 Å². The molecular formula is C17H17NO2. The first-order valence-electron chi connectivity index (χ1n) is 6.34. The highest BCUT2D eigenvalue weighted by Gasteiger charge is 2.11. The lowest BCUT2D eigenvalue weighted by Crippen LogP contribution is -2.07. The zero-order valence-electron chi connectivity index (χ0n) is 11.6. The van der Waals surface area contributed by atoms with Crippen LogP contribution in [0.2, 0.25) is 0 Å². The van der Waals surface area contributed by atoms with Crippen LogP contribution < -0.4 is 10.1 Å². The van der Waals surface area contributed by atoms with E-state index in [1.54, 1.807) is 13.2 Å². The molecule has 0 aliphatic heterocycles. The molecule has 20 heavy (non-hydrogen) atoms. The van der Waals surface area contributed by atoms with E-state index >= 15 is 0 Å². The van der Waals surface area contributed by atoms with Crippen LogP contribution in [0, 0.1) is 12.3 Å².